The van der Waals surface area contributed by atoms with Gasteiger partial charge < -0.3 is 10.4 Å². The SMILES string of the molecule is O=C(Cc1ccc(Cl)c(Cl)c1)NCCCCCO. The summed E-state index contributed by atoms with van der Waals surface area (Å²) >= 11 is 11.7. The number of hydrogen-bond donors (Lipinski definition) is 2. The third-order valence-electron chi connectivity index (χ3n) is 2.51. The van der Waals surface area contributed by atoms with Crippen LogP contribution in [0.3, 0.4) is 0 Å². The summed E-state index contributed by atoms with van der Waals surface area (Å²) in [6.45, 7) is 0.845. The van der Waals surface area contributed by atoms with Gasteiger partial charge in [-0.25, -0.2) is 0 Å². The highest BCUT2D eigenvalue weighted by molar-refractivity contribution is 6.42. The average Bonchev–Trinajstić information content (AvgIpc) is 2.34. The fourth-order valence-corrected chi connectivity index (χ4v) is 1.86. The second-order valence-corrected chi connectivity index (χ2v) is 4.87. The number of amides is 1. The zero-order valence-corrected chi connectivity index (χ0v) is 11.6. The second-order valence-electron chi connectivity index (χ2n) is 4.06. The summed E-state index contributed by atoms with van der Waals surface area (Å²) in [4.78, 5) is 11.6. The normalized spacial score (nSPS) is 10.4. The van der Waals surface area contributed by atoms with E-state index >= 15 is 0 Å². The Morgan fingerprint density at radius 3 is 2.61 bits per heavy atom. The van der Waals surface area contributed by atoms with Crippen LogP contribution in [0.4, 0.5) is 0 Å². The molecule has 100 valence electrons. The lowest BCUT2D eigenvalue weighted by atomic mass is 10.1. The summed E-state index contributed by atoms with van der Waals surface area (Å²) in [7, 11) is 0. The number of unbranched alkanes of at least 4 members (excludes halogenated alkanes) is 2. The van der Waals surface area contributed by atoms with Crippen LogP contribution in [0.1, 0.15) is 24.8 Å². The summed E-state index contributed by atoms with van der Waals surface area (Å²) in [5, 5.41) is 12.4. The van der Waals surface area contributed by atoms with Crippen LogP contribution >= 0.6 is 23.2 Å². The van der Waals surface area contributed by atoms with Gasteiger partial charge >= 0.3 is 0 Å². The minimum atomic E-state index is -0.0302. The van der Waals surface area contributed by atoms with E-state index in [4.69, 9.17) is 28.3 Å². The fraction of sp³-hybridized carbons (Fsp3) is 0.462. The molecule has 0 spiro atoms. The number of nitrogens with one attached hydrogen (secondary N) is 1. The van der Waals surface area contributed by atoms with E-state index in [9.17, 15) is 4.79 Å². The summed E-state index contributed by atoms with van der Waals surface area (Å²) < 4.78 is 0. The number of benzene rings is 1. The standard InChI is InChI=1S/C13H17Cl2NO2/c14-11-5-4-10(8-12(11)15)9-13(18)16-6-2-1-3-7-17/h4-5,8,17H,1-3,6-7,9H2,(H,16,18). The van der Waals surface area contributed by atoms with Gasteiger partial charge in [0.25, 0.3) is 0 Å². The Labute approximate surface area is 117 Å². The molecule has 0 aliphatic rings. The van der Waals surface area contributed by atoms with Gasteiger partial charge in [0.1, 0.15) is 0 Å². The number of carbonyl (C=O) groups is 1. The van der Waals surface area contributed by atoms with E-state index in [0.717, 1.165) is 24.8 Å². The van der Waals surface area contributed by atoms with E-state index in [1.54, 1.807) is 18.2 Å². The van der Waals surface area contributed by atoms with Crippen molar-refractivity contribution in [1.29, 1.82) is 0 Å². The molecule has 1 aromatic carbocycles. The number of rotatable bonds is 7. The molecule has 0 saturated heterocycles. The van der Waals surface area contributed by atoms with Crippen LogP contribution in [0.5, 0.6) is 0 Å². The Morgan fingerprint density at radius 2 is 1.94 bits per heavy atom. The van der Waals surface area contributed by atoms with E-state index in [1.165, 1.54) is 0 Å². The number of aliphatic hydroxyl groups excluding tert-OH is 1. The predicted octanol–water partition coefficient (Wildman–Crippen LogP) is 2.81. The van der Waals surface area contributed by atoms with Gasteiger partial charge in [-0.1, -0.05) is 29.3 Å². The van der Waals surface area contributed by atoms with Gasteiger partial charge in [0.2, 0.25) is 5.91 Å². The van der Waals surface area contributed by atoms with Gasteiger partial charge in [-0.3, -0.25) is 4.79 Å². The van der Waals surface area contributed by atoms with Crippen molar-refractivity contribution in [2.24, 2.45) is 0 Å². The molecule has 1 rings (SSSR count). The quantitative estimate of drug-likeness (QED) is 0.759. The Balaban J connectivity index is 2.29. The first-order chi connectivity index (χ1) is 8.63. The summed E-state index contributed by atoms with van der Waals surface area (Å²) in [6.07, 6.45) is 2.89. The number of hydrogen-bond acceptors (Lipinski definition) is 2. The minimum absolute atomic E-state index is 0.0302. The van der Waals surface area contributed by atoms with Crippen molar-refractivity contribution in [3.05, 3.63) is 33.8 Å². The maximum Gasteiger partial charge on any atom is 0.224 e. The number of aliphatic hydroxyl groups is 1. The van der Waals surface area contributed by atoms with Gasteiger partial charge in [0.05, 0.1) is 16.5 Å². The molecule has 3 nitrogen and oxygen atoms in total. The first-order valence-corrected chi connectivity index (χ1v) is 6.70. The lowest BCUT2D eigenvalue weighted by molar-refractivity contribution is -0.120. The van der Waals surface area contributed by atoms with Crippen LogP contribution in [0, 0.1) is 0 Å². The monoisotopic (exact) mass is 289 g/mol. The molecule has 0 bridgehead atoms. The molecule has 0 radical (unpaired) electrons. The minimum Gasteiger partial charge on any atom is -0.396 e. The molecule has 0 unspecified atom stereocenters. The topological polar surface area (TPSA) is 49.3 Å². The molecule has 0 aromatic heterocycles. The highest BCUT2D eigenvalue weighted by atomic mass is 35.5. The molecule has 18 heavy (non-hydrogen) atoms. The zero-order valence-electron chi connectivity index (χ0n) is 10.1. The molecular weight excluding hydrogens is 273 g/mol. The average molecular weight is 290 g/mol. The van der Waals surface area contributed by atoms with Gasteiger partial charge in [-0.05, 0) is 37.0 Å². The van der Waals surface area contributed by atoms with Crippen LogP contribution in [0.15, 0.2) is 18.2 Å². The van der Waals surface area contributed by atoms with E-state index in [1.807, 2.05) is 0 Å². The lowest BCUT2D eigenvalue weighted by Crippen LogP contribution is -2.26. The van der Waals surface area contributed by atoms with Crippen molar-refractivity contribution < 1.29 is 9.90 Å². The van der Waals surface area contributed by atoms with Gasteiger partial charge in [-0.15, -0.1) is 0 Å². The third-order valence-corrected chi connectivity index (χ3v) is 3.24. The van der Waals surface area contributed by atoms with Crippen LogP contribution in [0.25, 0.3) is 0 Å². The van der Waals surface area contributed by atoms with Crippen molar-refractivity contribution in [3.8, 4) is 0 Å². The number of carbonyl (C=O) groups excluding carboxylic acids is 1. The smallest absolute Gasteiger partial charge is 0.224 e. The van der Waals surface area contributed by atoms with Gasteiger partial charge in [0.15, 0.2) is 0 Å². The molecule has 0 aliphatic heterocycles. The maximum atomic E-state index is 11.6. The summed E-state index contributed by atoms with van der Waals surface area (Å²) in [5.41, 5.74) is 0.845. The van der Waals surface area contributed by atoms with Gasteiger partial charge in [-0.2, -0.15) is 0 Å². The van der Waals surface area contributed by atoms with Crippen molar-refractivity contribution in [1.82, 2.24) is 5.32 Å². The lowest BCUT2D eigenvalue weighted by Gasteiger charge is -2.06. The van der Waals surface area contributed by atoms with E-state index in [2.05, 4.69) is 5.32 Å². The Hall–Kier alpha value is -0.770. The van der Waals surface area contributed by atoms with Crippen LogP contribution < -0.4 is 5.32 Å². The van der Waals surface area contributed by atoms with Crippen molar-refractivity contribution >= 4 is 29.1 Å². The number of halogens is 2. The Morgan fingerprint density at radius 1 is 1.17 bits per heavy atom. The Bertz CT molecular complexity index is 397. The van der Waals surface area contributed by atoms with Crippen LogP contribution in [-0.2, 0) is 11.2 Å². The van der Waals surface area contributed by atoms with E-state index in [0.29, 0.717) is 23.0 Å². The van der Waals surface area contributed by atoms with Crippen LogP contribution in [0.2, 0.25) is 10.0 Å². The first kappa shape index (κ1) is 15.3. The van der Waals surface area contributed by atoms with E-state index in [-0.39, 0.29) is 12.5 Å². The highest BCUT2D eigenvalue weighted by Crippen LogP contribution is 2.22. The highest BCUT2D eigenvalue weighted by Gasteiger charge is 2.05. The van der Waals surface area contributed by atoms with Gasteiger partial charge in [0, 0.05) is 13.2 Å². The molecule has 0 heterocycles. The molecule has 0 saturated carbocycles. The van der Waals surface area contributed by atoms with Crippen LogP contribution in [-0.4, -0.2) is 24.2 Å². The molecule has 2 N–H and O–H groups in total. The zero-order chi connectivity index (χ0) is 13.4. The second kappa shape index (κ2) is 8.35. The Kier molecular flexibility index (Phi) is 7.09. The molecule has 0 atom stereocenters. The first-order valence-electron chi connectivity index (χ1n) is 5.95. The van der Waals surface area contributed by atoms with Crippen molar-refractivity contribution in [3.63, 3.8) is 0 Å². The molecule has 1 aromatic rings. The molecule has 0 fully saturated rings. The summed E-state index contributed by atoms with van der Waals surface area (Å²) in [5.74, 6) is -0.0302. The third kappa shape index (κ3) is 5.71. The molecular formula is C13H17Cl2NO2. The molecule has 1 amide bonds. The van der Waals surface area contributed by atoms with Crippen molar-refractivity contribution in [2.75, 3.05) is 13.2 Å². The van der Waals surface area contributed by atoms with Crippen molar-refractivity contribution in [2.45, 2.75) is 25.7 Å². The summed E-state index contributed by atoms with van der Waals surface area (Å²) in [6, 6.07) is 5.18. The van der Waals surface area contributed by atoms with E-state index < -0.39 is 0 Å². The predicted molar refractivity (Wildman–Crippen MR) is 74.1 cm³/mol. The molecule has 5 heteroatoms. The fourth-order valence-electron chi connectivity index (χ4n) is 1.54. The largest absolute Gasteiger partial charge is 0.396 e. The molecule has 0 aliphatic carbocycles. The maximum absolute atomic E-state index is 11.6.